The van der Waals surface area contributed by atoms with Gasteiger partial charge in [-0.15, -0.1) is 0 Å². The van der Waals surface area contributed by atoms with E-state index in [1.807, 2.05) is 0 Å². The van der Waals surface area contributed by atoms with Crippen LogP contribution >= 0.6 is 0 Å². The number of nitrogens with zero attached hydrogens (tertiary/aromatic N) is 3. The first-order valence-electron chi connectivity index (χ1n) is 8.41. The van der Waals surface area contributed by atoms with E-state index in [9.17, 15) is 22.8 Å². The van der Waals surface area contributed by atoms with Crippen molar-refractivity contribution in [3.05, 3.63) is 29.6 Å². The second kappa shape index (κ2) is 7.13. The van der Waals surface area contributed by atoms with Gasteiger partial charge in [0, 0.05) is 24.3 Å². The van der Waals surface area contributed by atoms with Gasteiger partial charge in [0.1, 0.15) is 5.82 Å². The van der Waals surface area contributed by atoms with Gasteiger partial charge < -0.3 is 15.3 Å². The third-order valence-electron chi connectivity index (χ3n) is 4.68. The lowest BCUT2D eigenvalue weighted by molar-refractivity contribution is -0.187. The molecule has 0 radical (unpaired) electrons. The molecular weight excluding hydrogens is 379 g/mol. The van der Waals surface area contributed by atoms with Crippen molar-refractivity contribution in [2.24, 2.45) is 11.8 Å². The molecule has 1 aromatic heterocycles. The Morgan fingerprint density at radius 3 is 2.54 bits per heavy atom. The summed E-state index contributed by atoms with van der Waals surface area (Å²) in [5, 5.41) is 18.4. The smallest absolute Gasteiger partial charge is 0.394 e. The number of rotatable bonds is 3. The summed E-state index contributed by atoms with van der Waals surface area (Å²) in [4.78, 5) is 28.7. The van der Waals surface area contributed by atoms with E-state index in [2.05, 4.69) is 20.5 Å². The van der Waals surface area contributed by atoms with Gasteiger partial charge in [0.2, 0.25) is 0 Å². The molecule has 2 heterocycles. The van der Waals surface area contributed by atoms with Crippen molar-refractivity contribution in [2.75, 3.05) is 18.4 Å². The molecule has 1 aliphatic heterocycles. The molecule has 0 saturated carbocycles. The number of carboxylic acid groups (broad SMARTS) is 1. The summed E-state index contributed by atoms with van der Waals surface area (Å²) in [5.74, 6) is -4.34. The lowest BCUT2D eigenvalue weighted by Crippen LogP contribution is -2.35. The van der Waals surface area contributed by atoms with Crippen LogP contribution < -0.4 is 5.32 Å². The minimum atomic E-state index is -4.70. The van der Waals surface area contributed by atoms with Crippen molar-refractivity contribution in [1.29, 1.82) is 0 Å². The number of urea groups is 1. The fourth-order valence-electron chi connectivity index (χ4n) is 3.11. The molecule has 0 unspecified atom stereocenters. The number of nitrogens with one attached hydrogen (secondary N) is 2. The van der Waals surface area contributed by atoms with Crippen molar-refractivity contribution in [3.63, 3.8) is 0 Å². The number of hydrogen-bond acceptors (Lipinski definition) is 4. The third kappa shape index (κ3) is 3.92. The average Bonchev–Trinajstić information content (AvgIpc) is 3.23. The van der Waals surface area contributed by atoms with Crippen molar-refractivity contribution in [2.45, 2.75) is 20.0 Å². The zero-order valence-corrected chi connectivity index (χ0v) is 15.0. The molecule has 28 heavy (non-hydrogen) atoms. The minimum Gasteiger partial charge on any atom is -0.481 e. The predicted molar refractivity (Wildman–Crippen MR) is 92.6 cm³/mol. The normalized spacial score (nSPS) is 19.7. The number of aryl methyl sites for hydroxylation is 2. The molecule has 1 saturated heterocycles. The molecule has 1 aromatic carbocycles. The van der Waals surface area contributed by atoms with Crippen molar-refractivity contribution >= 4 is 17.7 Å². The molecule has 1 aliphatic rings. The SMILES string of the molecule is Cc1nc(-c2ccc(C)c(NC(=O)N3C[C@@H](C(F)(F)F)[C@H](C(=O)O)C3)c2)n[nH]1. The number of alkyl halides is 3. The number of carboxylic acids is 1. The summed E-state index contributed by atoms with van der Waals surface area (Å²) in [6, 6.07) is 4.30. The zero-order chi connectivity index (χ0) is 20.6. The first-order valence-corrected chi connectivity index (χ1v) is 8.41. The fraction of sp³-hybridized carbons (Fsp3) is 0.412. The first-order chi connectivity index (χ1) is 13.1. The maximum Gasteiger partial charge on any atom is 0.394 e. The van der Waals surface area contributed by atoms with Crippen LogP contribution in [-0.4, -0.2) is 56.5 Å². The summed E-state index contributed by atoms with van der Waals surface area (Å²) in [6.07, 6.45) is -4.70. The molecule has 2 atom stereocenters. The van der Waals surface area contributed by atoms with Gasteiger partial charge in [-0.05, 0) is 25.5 Å². The van der Waals surface area contributed by atoms with Crippen LogP contribution in [0.4, 0.5) is 23.7 Å². The lowest BCUT2D eigenvalue weighted by atomic mass is 9.96. The first kappa shape index (κ1) is 19.6. The molecule has 3 rings (SSSR count). The summed E-state index contributed by atoms with van der Waals surface area (Å²) < 4.78 is 39.3. The van der Waals surface area contributed by atoms with Gasteiger partial charge in [-0.2, -0.15) is 18.3 Å². The average molecular weight is 397 g/mol. The van der Waals surface area contributed by atoms with Crippen LogP contribution in [0, 0.1) is 25.7 Å². The number of aromatic amines is 1. The highest BCUT2D eigenvalue weighted by Gasteiger charge is 2.53. The second-order valence-corrected chi connectivity index (χ2v) is 6.70. The topological polar surface area (TPSA) is 111 Å². The molecule has 2 aromatic rings. The zero-order valence-electron chi connectivity index (χ0n) is 15.0. The summed E-state index contributed by atoms with van der Waals surface area (Å²) in [6.45, 7) is 2.25. The Hall–Kier alpha value is -3.11. The number of halogens is 3. The van der Waals surface area contributed by atoms with Crippen LogP contribution in [0.25, 0.3) is 11.4 Å². The van der Waals surface area contributed by atoms with E-state index in [4.69, 9.17) is 5.11 Å². The number of H-pyrrole nitrogens is 1. The molecule has 0 spiro atoms. The number of aliphatic carboxylic acids is 1. The van der Waals surface area contributed by atoms with Crippen molar-refractivity contribution in [3.8, 4) is 11.4 Å². The van der Waals surface area contributed by atoms with Gasteiger partial charge in [0.05, 0.1) is 11.8 Å². The summed E-state index contributed by atoms with van der Waals surface area (Å²) >= 11 is 0. The van der Waals surface area contributed by atoms with Gasteiger partial charge >= 0.3 is 18.2 Å². The van der Waals surface area contributed by atoms with Gasteiger partial charge in [-0.3, -0.25) is 9.89 Å². The molecule has 1 fully saturated rings. The predicted octanol–water partition coefficient (Wildman–Crippen LogP) is 2.82. The highest BCUT2D eigenvalue weighted by molar-refractivity contribution is 5.91. The summed E-state index contributed by atoms with van der Waals surface area (Å²) in [7, 11) is 0. The van der Waals surface area contributed by atoms with Crippen LogP contribution in [0.1, 0.15) is 11.4 Å². The maximum absolute atomic E-state index is 13.1. The minimum absolute atomic E-state index is 0.382. The molecule has 2 amide bonds. The number of amides is 2. The molecular formula is C17H18F3N5O3. The number of anilines is 1. The molecule has 150 valence electrons. The van der Waals surface area contributed by atoms with E-state index >= 15 is 0 Å². The van der Waals surface area contributed by atoms with E-state index in [-0.39, 0.29) is 0 Å². The Bertz CT molecular complexity index is 912. The lowest BCUT2D eigenvalue weighted by Gasteiger charge is -2.19. The Balaban J connectivity index is 1.79. The number of aromatic nitrogens is 3. The molecule has 0 bridgehead atoms. The quantitative estimate of drug-likeness (QED) is 0.738. The van der Waals surface area contributed by atoms with Crippen molar-refractivity contribution < 1.29 is 27.9 Å². The summed E-state index contributed by atoms with van der Waals surface area (Å²) in [5.41, 5.74) is 1.68. The van der Waals surface area contributed by atoms with E-state index < -0.39 is 43.1 Å². The third-order valence-corrected chi connectivity index (χ3v) is 4.68. The van der Waals surface area contributed by atoms with E-state index in [0.717, 1.165) is 4.90 Å². The van der Waals surface area contributed by atoms with Crippen LogP contribution in [0.3, 0.4) is 0 Å². The van der Waals surface area contributed by atoms with Crippen LogP contribution in [0.15, 0.2) is 18.2 Å². The Morgan fingerprint density at radius 1 is 1.29 bits per heavy atom. The van der Waals surface area contributed by atoms with E-state index in [0.29, 0.717) is 28.5 Å². The molecule has 11 heteroatoms. The van der Waals surface area contributed by atoms with Crippen LogP contribution in [-0.2, 0) is 4.79 Å². The Morgan fingerprint density at radius 2 is 2.00 bits per heavy atom. The monoisotopic (exact) mass is 397 g/mol. The van der Waals surface area contributed by atoms with E-state index in [1.54, 1.807) is 32.0 Å². The van der Waals surface area contributed by atoms with Gasteiger partial charge in [0.25, 0.3) is 0 Å². The fourth-order valence-corrected chi connectivity index (χ4v) is 3.11. The Kier molecular flexibility index (Phi) is 5.01. The number of likely N-dealkylation sites (tertiary alicyclic amines) is 1. The standard InChI is InChI=1S/C17H18F3N5O3/c1-8-3-4-10(14-21-9(2)23-24-14)5-13(8)22-16(28)25-6-11(15(26)27)12(7-25)17(18,19)20/h3-5,11-12H,6-7H2,1-2H3,(H,22,28)(H,26,27)(H,21,23,24)/t11-,12-/m1/s1. The molecule has 0 aliphatic carbocycles. The highest BCUT2D eigenvalue weighted by atomic mass is 19.4. The number of hydrogen-bond donors (Lipinski definition) is 3. The maximum atomic E-state index is 13.1. The number of carbonyl (C=O) groups is 2. The van der Waals surface area contributed by atoms with Crippen LogP contribution in [0.2, 0.25) is 0 Å². The molecule has 3 N–H and O–H groups in total. The second-order valence-electron chi connectivity index (χ2n) is 6.70. The van der Waals surface area contributed by atoms with Gasteiger partial charge in [-0.1, -0.05) is 12.1 Å². The van der Waals surface area contributed by atoms with Gasteiger partial charge in [-0.25, -0.2) is 9.78 Å². The van der Waals surface area contributed by atoms with Crippen molar-refractivity contribution in [1.82, 2.24) is 20.1 Å². The number of carbonyl (C=O) groups excluding carboxylic acids is 1. The van der Waals surface area contributed by atoms with Crippen LogP contribution in [0.5, 0.6) is 0 Å². The molecule has 8 nitrogen and oxygen atoms in total. The highest BCUT2D eigenvalue weighted by Crippen LogP contribution is 2.38. The number of benzene rings is 1. The van der Waals surface area contributed by atoms with Gasteiger partial charge in [0.15, 0.2) is 5.82 Å². The largest absolute Gasteiger partial charge is 0.481 e. The van der Waals surface area contributed by atoms with E-state index in [1.165, 1.54) is 0 Å². The Labute approximate surface area is 157 Å².